The van der Waals surface area contributed by atoms with Crippen molar-refractivity contribution in [1.29, 1.82) is 0 Å². The number of hydrogen-bond acceptors (Lipinski definition) is 5. The number of thiazole rings is 1. The Labute approximate surface area is 175 Å². The zero-order valence-electron chi connectivity index (χ0n) is 17.9. The number of anilines is 1. The predicted molar refractivity (Wildman–Crippen MR) is 118 cm³/mol. The lowest BCUT2D eigenvalue weighted by Crippen LogP contribution is -2.22. The summed E-state index contributed by atoms with van der Waals surface area (Å²) in [5, 5.41) is 3.24. The van der Waals surface area contributed by atoms with E-state index in [1.807, 2.05) is 47.6 Å². The van der Waals surface area contributed by atoms with Gasteiger partial charge in [0.1, 0.15) is 0 Å². The highest BCUT2D eigenvalue weighted by Crippen LogP contribution is 2.29. The minimum atomic E-state index is -0.475. The first kappa shape index (κ1) is 21.0. The Hall–Kier alpha value is -2.73. The first-order chi connectivity index (χ1) is 13.6. The van der Waals surface area contributed by atoms with Gasteiger partial charge in [0.15, 0.2) is 11.7 Å². The van der Waals surface area contributed by atoms with Gasteiger partial charge in [-0.15, -0.1) is 0 Å². The lowest BCUT2D eigenvalue weighted by Gasteiger charge is -2.17. The summed E-state index contributed by atoms with van der Waals surface area (Å²) < 4.78 is 6.34. The third kappa shape index (κ3) is 4.03. The standard InChI is InChI=1S/C23H26N2O3S/c1-11-8-12(2)21-18(9-11)29-23(25-21)24-19(26)10-28-22(27)20-16(6)14(4)13(3)15(5)17(20)7/h8-9H,10H2,1-7H3,(H,24,25,26). The molecule has 0 aliphatic rings. The highest BCUT2D eigenvalue weighted by molar-refractivity contribution is 7.22. The van der Waals surface area contributed by atoms with Crippen LogP contribution in [0.15, 0.2) is 12.1 Å². The van der Waals surface area contributed by atoms with E-state index >= 15 is 0 Å². The van der Waals surface area contributed by atoms with Crippen LogP contribution in [0.4, 0.5) is 5.13 Å². The Morgan fingerprint density at radius 1 is 0.931 bits per heavy atom. The van der Waals surface area contributed by atoms with Gasteiger partial charge in [-0.1, -0.05) is 17.4 Å². The summed E-state index contributed by atoms with van der Waals surface area (Å²) in [6.45, 7) is 13.6. The molecular formula is C23H26N2O3S. The van der Waals surface area contributed by atoms with E-state index in [0.29, 0.717) is 10.7 Å². The number of nitrogens with zero attached hydrogens (tertiary/aromatic N) is 1. The van der Waals surface area contributed by atoms with Crippen molar-refractivity contribution in [2.45, 2.75) is 48.5 Å². The average molecular weight is 411 g/mol. The summed E-state index contributed by atoms with van der Waals surface area (Å²) in [5.41, 5.74) is 8.76. The number of hydrogen-bond donors (Lipinski definition) is 1. The van der Waals surface area contributed by atoms with Crippen molar-refractivity contribution in [3.63, 3.8) is 0 Å². The number of aromatic nitrogens is 1. The van der Waals surface area contributed by atoms with E-state index in [4.69, 9.17) is 4.74 Å². The maximum atomic E-state index is 12.7. The normalized spacial score (nSPS) is 11.0. The quantitative estimate of drug-likeness (QED) is 0.597. The summed E-state index contributed by atoms with van der Waals surface area (Å²) in [5.74, 6) is -0.875. The van der Waals surface area contributed by atoms with Crippen molar-refractivity contribution >= 4 is 38.6 Å². The van der Waals surface area contributed by atoms with Crippen molar-refractivity contribution in [3.05, 3.63) is 56.6 Å². The minimum absolute atomic E-state index is 0.350. The SMILES string of the molecule is Cc1cc(C)c2nc(NC(=O)COC(=O)c3c(C)c(C)c(C)c(C)c3C)sc2c1. The maximum absolute atomic E-state index is 12.7. The van der Waals surface area contributed by atoms with Gasteiger partial charge < -0.3 is 4.74 Å². The third-order valence-electron chi connectivity index (χ3n) is 5.61. The fourth-order valence-corrected chi connectivity index (χ4v) is 4.65. The summed E-state index contributed by atoms with van der Waals surface area (Å²) in [6.07, 6.45) is 0. The van der Waals surface area contributed by atoms with E-state index in [2.05, 4.69) is 23.3 Å². The van der Waals surface area contributed by atoms with E-state index < -0.39 is 11.9 Å². The fraction of sp³-hybridized carbons (Fsp3) is 0.348. The Morgan fingerprint density at radius 3 is 2.14 bits per heavy atom. The lowest BCUT2D eigenvalue weighted by atomic mass is 9.90. The molecule has 29 heavy (non-hydrogen) atoms. The predicted octanol–water partition coefficient (Wildman–Crippen LogP) is 5.25. The van der Waals surface area contributed by atoms with Crippen LogP contribution in [0.25, 0.3) is 10.2 Å². The molecule has 2 aromatic carbocycles. The smallest absolute Gasteiger partial charge is 0.339 e. The molecule has 6 heteroatoms. The Balaban J connectivity index is 1.72. The van der Waals surface area contributed by atoms with Crippen LogP contribution in [-0.4, -0.2) is 23.5 Å². The minimum Gasteiger partial charge on any atom is -0.452 e. The monoisotopic (exact) mass is 410 g/mol. The molecule has 1 heterocycles. The van der Waals surface area contributed by atoms with Crippen LogP contribution >= 0.6 is 11.3 Å². The van der Waals surface area contributed by atoms with Crippen molar-refractivity contribution in [2.24, 2.45) is 0 Å². The van der Waals surface area contributed by atoms with Gasteiger partial charge in [0.25, 0.3) is 5.91 Å². The van der Waals surface area contributed by atoms with Crippen LogP contribution in [0.2, 0.25) is 0 Å². The molecule has 0 spiro atoms. The molecule has 0 saturated carbocycles. The van der Waals surface area contributed by atoms with Crippen LogP contribution in [0.3, 0.4) is 0 Å². The Bertz CT molecular complexity index is 1120. The number of amides is 1. The Kier molecular flexibility index (Phi) is 5.75. The first-order valence-corrected chi connectivity index (χ1v) is 10.3. The highest BCUT2D eigenvalue weighted by Gasteiger charge is 2.20. The van der Waals surface area contributed by atoms with Gasteiger partial charge in [-0.25, -0.2) is 9.78 Å². The number of rotatable bonds is 4. The van der Waals surface area contributed by atoms with Gasteiger partial charge >= 0.3 is 5.97 Å². The largest absolute Gasteiger partial charge is 0.452 e. The van der Waals surface area contributed by atoms with Gasteiger partial charge in [0.2, 0.25) is 0 Å². The number of fused-ring (bicyclic) bond motifs is 1. The maximum Gasteiger partial charge on any atom is 0.339 e. The van der Waals surface area contributed by atoms with E-state index in [0.717, 1.165) is 43.6 Å². The van der Waals surface area contributed by atoms with Gasteiger partial charge in [-0.3, -0.25) is 10.1 Å². The summed E-state index contributed by atoms with van der Waals surface area (Å²) in [7, 11) is 0. The molecule has 0 radical (unpaired) electrons. The fourth-order valence-electron chi connectivity index (χ4n) is 3.59. The number of carbonyl (C=O) groups is 2. The number of nitrogens with one attached hydrogen (secondary N) is 1. The topological polar surface area (TPSA) is 68.3 Å². The second kappa shape index (κ2) is 7.95. The molecule has 0 aliphatic heterocycles. The van der Waals surface area contributed by atoms with E-state index in [-0.39, 0.29) is 6.61 Å². The van der Waals surface area contributed by atoms with Gasteiger partial charge in [-0.2, -0.15) is 0 Å². The van der Waals surface area contributed by atoms with Crippen LogP contribution in [0.5, 0.6) is 0 Å². The molecule has 0 atom stereocenters. The van der Waals surface area contributed by atoms with E-state index in [1.54, 1.807) is 0 Å². The van der Waals surface area contributed by atoms with Crippen LogP contribution in [0.1, 0.15) is 49.3 Å². The molecule has 3 aromatic rings. The zero-order chi connectivity index (χ0) is 21.5. The number of ether oxygens (including phenoxy) is 1. The van der Waals surface area contributed by atoms with Crippen molar-refractivity contribution in [3.8, 4) is 0 Å². The zero-order valence-corrected chi connectivity index (χ0v) is 18.8. The van der Waals surface area contributed by atoms with Crippen LogP contribution in [0, 0.1) is 48.5 Å². The molecular weight excluding hydrogens is 384 g/mol. The number of esters is 1. The van der Waals surface area contributed by atoms with Crippen LogP contribution < -0.4 is 5.32 Å². The van der Waals surface area contributed by atoms with Crippen molar-refractivity contribution in [1.82, 2.24) is 4.98 Å². The summed E-state index contributed by atoms with van der Waals surface area (Å²) in [4.78, 5) is 29.5. The molecule has 0 aliphatic carbocycles. The summed E-state index contributed by atoms with van der Waals surface area (Å²) >= 11 is 1.41. The lowest BCUT2D eigenvalue weighted by molar-refractivity contribution is -0.119. The Morgan fingerprint density at radius 2 is 1.52 bits per heavy atom. The first-order valence-electron chi connectivity index (χ1n) is 9.51. The number of aryl methyl sites for hydroxylation is 2. The molecule has 0 bridgehead atoms. The molecule has 3 rings (SSSR count). The van der Waals surface area contributed by atoms with Crippen LogP contribution in [-0.2, 0) is 9.53 Å². The van der Waals surface area contributed by atoms with Gasteiger partial charge in [0.05, 0.1) is 15.8 Å². The molecule has 1 aromatic heterocycles. The average Bonchev–Trinajstić information content (AvgIpc) is 3.05. The van der Waals surface area contributed by atoms with Gasteiger partial charge in [0, 0.05) is 0 Å². The molecule has 152 valence electrons. The molecule has 0 unspecified atom stereocenters. The second-order valence-electron chi connectivity index (χ2n) is 7.57. The van der Waals surface area contributed by atoms with Gasteiger partial charge in [-0.05, 0) is 93.5 Å². The molecule has 1 N–H and O–H groups in total. The van der Waals surface area contributed by atoms with Crippen molar-refractivity contribution in [2.75, 3.05) is 11.9 Å². The third-order valence-corrected chi connectivity index (χ3v) is 6.53. The van der Waals surface area contributed by atoms with E-state index in [9.17, 15) is 9.59 Å². The number of benzene rings is 2. The molecule has 0 fully saturated rings. The second-order valence-corrected chi connectivity index (χ2v) is 8.60. The highest BCUT2D eigenvalue weighted by atomic mass is 32.1. The summed E-state index contributed by atoms with van der Waals surface area (Å²) in [6, 6.07) is 4.11. The molecule has 1 amide bonds. The van der Waals surface area contributed by atoms with E-state index in [1.165, 1.54) is 16.9 Å². The molecule has 5 nitrogen and oxygen atoms in total. The number of carbonyl (C=O) groups excluding carboxylic acids is 2. The van der Waals surface area contributed by atoms with Crippen molar-refractivity contribution < 1.29 is 14.3 Å². The molecule has 0 saturated heterocycles.